The third kappa shape index (κ3) is 2.29. The number of hydrogen-bond donors (Lipinski definition) is 1. The van der Waals surface area contributed by atoms with Crippen molar-refractivity contribution < 1.29 is 0 Å². The van der Waals surface area contributed by atoms with E-state index < -0.39 is 0 Å². The normalized spacial score (nSPS) is 10.1. The van der Waals surface area contributed by atoms with E-state index in [9.17, 15) is 0 Å². The summed E-state index contributed by atoms with van der Waals surface area (Å²) in [7, 11) is 0. The third-order valence-electron chi connectivity index (χ3n) is 1.86. The lowest BCUT2D eigenvalue weighted by Crippen LogP contribution is -1.99. The summed E-state index contributed by atoms with van der Waals surface area (Å²) in [6.45, 7) is 2.71. The Morgan fingerprint density at radius 1 is 1.36 bits per heavy atom. The van der Waals surface area contributed by atoms with Gasteiger partial charge in [-0.05, 0) is 29.3 Å². The predicted molar refractivity (Wildman–Crippen MR) is 58.4 cm³/mol. The first-order valence-corrected chi connectivity index (χ1v) is 5.32. The van der Waals surface area contributed by atoms with Crippen molar-refractivity contribution in [3.8, 4) is 0 Å². The van der Waals surface area contributed by atoms with Crippen LogP contribution in [0.4, 0.5) is 5.69 Å². The van der Waals surface area contributed by atoms with E-state index in [0.717, 1.165) is 18.1 Å². The molecule has 2 aromatic heterocycles. The first-order chi connectivity index (χ1) is 6.84. The summed E-state index contributed by atoms with van der Waals surface area (Å²) in [6, 6.07) is 2.10. The molecule has 0 spiro atoms. The maximum atomic E-state index is 4.11. The number of hydrogen-bond acceptors (Lipinski definition) is 4. The average Bonchev–Trinajstić information content (AvgIpc) is 2.70. The fraction of sp³-hybridized carbons (Fsp3) is 0.200. The molecule has 0 fully saturated rings. The molecule has 0 unspecified atom stereocenters. The Labute approximate surface area is 86.8 Å². The van der Waals surface area contributed by atoms with Crippen molar-refractivity contribution in [2.75, 3.05) is 5.32 Å². The summed E-state index contributed by atoms with van der Waals surface area (Å²) in [6.07, 6.45) is 3.60. The van der Waals surface area contributed by atoms with Crippen LogP contribution in [0.15, 0.2) is 29.2 Å². The molecule has 0 aliphatic heterocycles. The first kappa shape index (κ1) is 9.15. The second kappa shape index (κ2) is 4.19. The van der Waals surface area contributed by atoms with Crippen LogP contribution in [0.2, 0.25) is 0 Å². The monoisotopic (exact) mass is 205 g/mol. The molecule has 0 saturated carbocycles. The Bertz CT molecular complexity index is 380. The van der Waals surface area contributed by atoms with Gasteiger partial charge in [0.25, 0.3) is 0 Å². The van der Waals surface area contributed by atoms with Crippen molar-refractivity contribution >= 4 is 17.0 Å². The Morgan fingerprint density at radius 2 is 2.14 bits per heavy atom. The highest BCUT2D eigenvalue weighted by Gasteiger charge is 1.94. The Kier molecular flexibility index (Phi) is 2.74. The molecule has 2 aromatic rings. The second-order valence-corrected chi connectivity index (χ2v) is 3.78. The molecule has 0 atom stereocenters. The maximum Gasteiger partial charge on any atom is 0.125 e. The molecule has 0 bridgehead atoms. The Balaban J connectivity index is 1.95. The van der Waals surface area contributed by atoms with Gasteiger partial charge >= 0.3 is 0 Å². The average molecular weight is 205 g/mol. The molecule has 14 heavy (non-hydrogen) atoms. The summed E-state index contributed by atoms with van der Waals surface area (Å²) in [5, 5.41) is 7.46. The van der Waals surface area contributed by atoms with Gasteiger partial charge in [-0.15, -0.1) is 0 Å². The van der Waals surface area contributed by atoms with Crippen molar-refractivity contribution in [2.45, 2.75) is 13.5 Å². The highest BCUT2D eigenvalue weighted by Crippen LogP contribution is 2.09. The Morgan fingerprint density at radius 3 is 2.79 bits per heavy atom. The van der Waals surface area contributed by atoms with Crippen LogP contribution < -0.4 is 5.32 Å². The number of nitrogens with one attached hydrogen (secondary N) is 1. The lowest BCUT2D eigenvalue weighted by atomic mass is 10.3. The van der Waals surface area contributed by atoms with Gasteiger partial charge in [-0.2, -0.15) is 11.3 Å². The largest absolute Gasteiger partial charge is 0.378 e. The summed E-state index contributed by atoms with van der Waals surface area (Å²) >= 11 is 1.71. The molecule has 0 amide bonds. The van der Waals surface area contributed by atoms with Crippen LogP contribution in [0.1, 0.15) is 11.4 Å². The maximum absolute atomic E-state index is 4.11. The van der Waals surface area contributed by atoms with Gasteiger partial charge in [0.05, 0.1) is 18.1 Å². The summed E-state index contributed by atoms with van der Waals surface area (Å²) in [5.41, 5.74) is 2.25. The van der Waals surface area contributed by atoms with Crippen molar-refractivity contribution in [3.63, 3.8) is 0 Å². The zero-order valence-corrected chi connectivity index (χ0v) is 8.71. The van der Waals surface area contributed by atoms with Crippen LogP contribution in [0.25, 0.3) is 0 Å². The standard InChI is InChI=1S/C10H11N3S/c1-8-11-5-10(6-12-8)13-4-9-2-3-14-7-9/h2-3,5-7,13H,4H2,1H3. The van der Waals surface area contributed by atoms with E-state index >= 15 is 0 Å². The van der Waals surface area contributed by atoms with Gasteiger partial charge in [-0.3, -0.25) is 0 Å². The van der Waals surface area contributed by atoms with E-state index in [4.69, 9.17) is 0 Å². The number of aryl methyl sites for hydroxylation is 1. The fourth-order valence-corrected chi connectivity index (χ4v) is 1.75. The van der Waals surface area contributed by atoms with Crippen molar-refractivity contribution in [3.05, 3.63) is 40.6 Å². The molecule has 4 heteroatoms. The number of thiophene rings is 1. The third-order valence-corrected chi connectivity index (χ3v) is 2.59. The quantitative estimate of drug-likeness (QED) is 0.836. The zero-order valence-electron chi connectivity index (χ0n) is 7.90. The molecule has 2 heterocycles. The first-order valence-electron chi connectivity index (χ1n) is 4.38. The van der Waals surface area contributed by atoms with E-state index in [2.05, 4.69) is 32.1 Å². The van der Waals surface area contributed by atoms with Crippen LogP contribution in [0.5, 0.6) is 0 Å². The van der Waals surface area contributed by atoms with Crippen molar-refractivity contribution in [1.29, 1.82) is 0 Å². The minimum Gasteiger partial charge on any atom is -0.378 e. The minimum absolute atomic E-state index is 0.797. The number of aromatic nitrogens is 2. The molecule has 72 valence electrons. The van der Waals surface area contributed by atoms with Crippen LogP contribution >= 0.6 is 11.3 Å². The molecule has 3 nitrogen and oxygen atoms in total. The van der Waals surface area contributed by atoms with Crippen LogP contribution in [0, 0.1) is 6.92 Å². The van der Waals surface area contributed by atoms with Crippen LogP contribution in [-0.4, -0.2) is 9.97 Å². The van der Waals surface area contributed by atoms with Gasteiger partial charge in [0.2, 0.25) is 0 Å². The highest BCUT2D eigenvalue weighted by atomic mass is 32.1. The Hall–Kier alpha value is -1.42. The highest BCUT2D eigenvalue weighted by molar-refractivity contribution is 7.07. The smallest absolute Gasteiger partial charge is 0.125 e. The van der Waals surface area contributed by atoms with Crippen LogP contribution in [0.3, 0.4) is 0 Å². The molecule has 0 aromatic carbocycles. The van der Waals surface area contributed by atoms with Gasteiger partial charge in [-0.1, -0.05) is 0 Å². The van der Waals surface area contributed by atoms with E-state index in [1.54, 1.807) is 23.7 Å². The van der Waals surface area contributed by atoms with Crippen molar-refractivity contribution in [2.24, 2.45) is 0 Å². The molecular formula is C10H11N3S. The van der Waals surface area contributed by atoms with E-state index in [0.29, 0.717) is 0 Å². The number of rotatable bonds is 3. The second-order valence-electron chi connectivity index (χ2n) is 3.00. The van der Waals surface area contributed by atoms with Gasteiger partial charge in [-0.25, -0.2) is 9.97 Å². The van der Waals surface area contributed by atoms with Crippen LogP contribution in [-0.2, 0) is 6.54 Å². The molecule has 0 saturated heterocycles. The number of nitrogens with zero attached hydrogens (tertiary/aromatic N) is 2. The fourth-order valence-electron chi connectivity index (χ4n) is 1.08. The predicted octanol–water partition coefficient (Wildman–Crippen LogP) is 2.46. The van der Waals surface area contributed by atoms with Gasteiger partial charge in [0, 0.05) is 6.54 Å². The zero-order chi connectivity index (χ0) is 9.80. The van der Waals surface area contributed by atoms with Gasteiger partial charge in [0.15, 0.2) is 0 Å². The summed E-state index contributed by atoms with van der Waals surface area (Å²) in [4.78, 5) is 8.22. The molecule has 1 N–H and O–H groups in total. The summed E-state index contributed by atoms with van der Waals surface area (Å²) in [5.74, 6) is 0.797. The molecule has 0 aliphatic carbocycles. The van der Waals surface area contributed by atoms with E-state index in [1.165, 1.54) is 5.56 Å². The summed E-state index contributed by atoms with van der Waals surface area (Å²) < 4.78 is 0. The van der Waals surface area contributed by atoms with Gasteiger partial charge < -0.3 is 5.32 Å². The molecular weight excluding hydrogens is 194 g/mol. The van der Waals surface area contributed by atoms with Crippen molar-refractivity contribution in [1.82, 2.24) is 9.97 Å². The lowest BCUT2D eigenvalue weighted by Gasteiger charge is -2.03. The van der Waals surface area contributed by atoms with Gasteiger partial charge in [0.1, 0.15) is 5.82 Å². The SMILES string of the molecule is Cc1ncc(NCc2ccsc2)cn1. The van der Waals surface area contributed by atoms with E-state index in [-0.39, 0.29) is 0 Å². The minimum atomic E-state index is 0.797. The van der Waals surface area contributed by atoms with E-state index in [1.807, 2.05) is 6.92 Å². The molecule has 2 rings (SSSR count). The molecule has 0 radical (unpaired) electrons. The number of anilines is 1. The lowest BCUT2D eigenvalue weighted by molar-refractivity contribution is 1.04. The molecule has 0 aliphatic rings. The topological polar surface area (TPSA) is 37.8 Å².